The smallest absolute Gasteiger partial charge is 0.0951 e. The Morgan fingerprint density at radius 1 is 1.47 bits per heavy atom. The largest absolute Gasteiger partial charge is 0.387 e. The van der Waals surface area contributed by atoms with Crippen LogP contribution >= 0.6 is 15.9 Å². The van der Waals surface area contributed by atoms with Crippen molar-refractivity contribution in [3.63, 3.8) is 0 Å². The van der Waals surface area contributed by atoms with Gasteiger partial charge in [0.15, 0.2) is 0 Å². The molecule has 1 aromatic rings. The summed E-state index contributed by atoms with van der Waals surface area (Å²) in [6.07, 6.45) is -0.472. The Bertz CT molecular complexity index is 327. The number of nitrogens with one attached hydrogen (secondary N) is 1. The summed E-state index contributed by atoms with van der Waals surface area (Å²) in [6, 6.07) is 6.07. The van der Waals surface area contributed by atoms with Crippen LogP contribution in [0.1, 0.15) is 31.1 Å². The predicted octanol–water partition coefficient (Wildman–Crippen LogP) is 2.79. The maximum absolute atomic E-state index is 10.1. The Morgan fingerprint density at radius 2 is 2.13 bits per heavy atom. The van der Waals surface area contributed by atoms with Crippen molar-refractivity contribution in [3.8, 4) is 0 Å². The van der Waals surface area contributed by atoms with E-state index in [1.165, 1.54) is 5.56 Å². The first kappa shape index (κ1) is 12.7. The van der Waals surface area contributed by atoms with Gasteiger partial charge < -0.3 is 10.4 Å². The lowest BCUT2D eigenvalue weighted by Gasteiger charge is -2.21. The molecule has 0 aliphatic heterocycles. The van der Waals surface area contributed by atoms with E-state index in [1.54, 1.807) is 0 Å². The molecule has 0 saturated heterocycles. The molecule has 0 aliphatic rings. The van der Waals surface area contributed by atoms with Gasteiger partial charge in [0.25, 0.3) is 0 Å². The van der Waals surface area contributed by atoms with Crippen LogP contribution in [0.25, 0.3) is 0 Å². The van der Waals surface area contributed by atoms with Crippen molar-refractivity contribution >= 4 is 15.9 Å². The number of benzene rings is 1. The molecule has 1 aromatic carbocycles. The van der Waals surface area contributed by atoms with Gasteiger partial charge >= 0.3 is 0 Å². The minimum absolute atomic E-state index is 0.0639. The highest BCUT2D eigenvalue weighted by Crippen LogP contribution is 2.26. The second-order valence-electron chi connectivity index (χ2n) is 3.82. The Morgan fingerprint density at radius 3 is 2.67 bits per heavy atom. The monoisotopic (exact) mass is 271 g/mol. The number of hydrogen-bond acceptors (Lipinski definition) is 2. The summed E-state index contributed by atoms with van der Waals surface area (Å²) in [5.41, 5.74) is 2.13. The molecule has 0 aromatic heterocycles. The van der Waals surface area contributed by atoms with Crippen LogP contribution in [-0.2, 0) is 0 Å². The van der Waals surface area contributed by atoms with Crippen molar-refractivity contribution in [2.24, 2.45) is 0 Å². The van der Waals surface area contributed by atoms with Gasteiger partial charge in [0.05, 0.1) is 6.10 Å². The summed E-state index contributed by atoms with van der Waals surface area (Å²) < 4.78 is 0.972. The maximum Gasteiger partial charge on any atom is 0.0951 e. The van der Waals surface area contributed by atoms with Crippen LogP contribution in [0.15, 0.2) is 22.7 Å². The van der Waals surface area contributed by atoms with Gasteiger partial charge in [-0.25, -0.2) is 0 Å². The molecule has 0 bridgehead atoms. The van der Waals surface area contributed by atoms with Crippen LogP contribution in [-0.4, -0.2) is 17.7 Å². The van der Waals surface area contributed by atoms with Crippen LogP contribution in [0, 0.1) is 6.92 Å². The topological polar surface area (TPSA) is 32.3 Å². The van der Waals surface area contributed by atoms with Crippen molar-refractivity contribution in [2.75, 3.05) is 6.54 Å². The Hall–Kier alpha value is -0.380. The van der Waals surface area contributed by atoms with Gasteiger partial charge in [0, 0.05) is 10.5 Å². The number of halogens is 1. The molecule has 15 heavy (non-hydrogen) atoms. The summed E-state index contributed by atoms with van der Waals surface area (Å²) >= 11 is 3.48. The quantitative estimate of drug-likeness (QED) is 0.883. The molecule has 2 nitrogen and oxygen atoms in total. The zero-order valence-electron chi connectivity index (χ0n) is 9.42. The van der Waals surface area contributed by atoms with Crippen molar-refractivity contribution in [2.45, 2.75) is 32.9 Å². The molecule has 0 saturated carbocycles. The normalized spacial score (nSPS) is 15.0. The molecule has 0 radical (unpaired) electrons. The van der Waals surface area contributed by atoms with Crippen molar-refractivity contribution < 1.29 is 5.11 Å². The molecule has 0 heterocycles. The fraction of sp³-hybridized carbons (Fsp3) is 0.500. The summed E-state index contributed by atoms with van der Waals surface area (Å²) in [5.74, 6) is 0. The van der Waals surface area contributed by atoms with E-state index in [4.69, 9.17) is 0 Å². The van der Waals surface area contributed by atoms with Crippen LogP contribution < -0.4 is 5.32 Å². The zero-order valence-corrected chi connectivity index (χ0v) is 11.0. The van der Waals surface area contributed by atoms with E-state index in [9.17, 15) is 5.11 Å². The lowest BCUT2D eigenvalue weighted by Crippen LogP contribution is -2.32. The van der Waals surface area contributed by atoms with E-state index in [0.29, 0.717) is 0 Å². The molecule has 2 N–H and O–H groups in total. The fourth-order valence-corrected chi connectivity index (χ4v) is 2.30. The summed E-state index contributed by atoms with van der Waals surface area (Å²) in [6.45, 7) is 6.92. The minimum Gasteiger partial charge on any atom is -0.387 e. The summed E-state index contributed by atoms with van der Waals surface area (Å²) in [7, 11) is 0. The average Bonchev–Trinajstić information content (AvgIpc) is 2.17. The highest BCUT2D eigenvalue weighted by Gasteiger charge is 2.17. The molecule has 2 atom stereocenters. The zero-order chi connectivity index (χ0) is 11.4. The molecular weight excluding hydrogens is 254 g/mol. The molecular formula is C12H18BrNO. The first-order valence-electron chi connectivity index (χ1n) is 5.23. The molecule has 0 spiro atoms. The fourth-order valence-electron chi connectivity index (χ4n) is 1.57. The number of aryl methyl sites for hydroxylation is 1. The molecule has 1 rings (SSSR count). The number of likely N-dealkylation sites (N-methyl/N-ethyl adjacent to an activating group) is 1. The van der Waals surface area contributed by atoms with Gasteiger partial charge in [0.1, 0.15) is 0 Å². The van der Waals surface area contributed by atoms with Crippen molar-refractivity contribution in [1.29, 1.82) is 0 Å². The van der Waals surface area contributed by atoms with E-state index in [1.807, 2.05) is 39.0 Å². The standard InChI is InChI=1S/C12H18BrNO/c1-4-14-9(3)12(15)10-6-5-8(2)7-11(10)13/h5-7,9,12,14-15H,4H2,1-3H3. The predicted molar refractivity (Wildman–Crippen MR) is 67.0 cm³/mol. The highest BCUT2D eigenvalue weighted by atomic mass is 79.9. The van der Waals surface area contributed by atoms with Gasteiger partial charge in [0.2, 0.25) is 0 Å². The number of hydrogen-bond donors (Lipinski definition) is 2. The van der Waals surface area contributed by atoms with Gasteiger partial charge in [-0.2, -0.15) is 0 Å². The van der Waals surface area contributed by atoms with Crippen LogP contribution in [0.4, 0.5) is 0 Å². The first-order chi connectivity index (χ1) is 7.06. The van der Waals surface area contributed by atoms with Crippen molar-refractivity contribution in [1.82, 2.24) is 5.32 Å². The lowest BCUT2D eigenvalue weighted by atomic mass is 10.0. The molecule has 0 aliphatic carbocycles. The van der Waals surface area contributed by atoms with E-state index < -0.39 is 6.10 Å². The highest BCUT2D eigenvalue weighted by molar-refractivity contribution is 9.10. The van der Waals surface area contributed by atoms with E-state index >= 15 is 0 Å². The third-order valence-electron chi connectivity index (χ3n) is 2.47. The van der Waals surface area contributed by atoms with Crippen LogP contribution in [0.2, 0.25) is 0 Å². The van der Waals surface area contributed by atoms with Gasteiger partial charge in [-0.15, -0.1) is 0 Å². The first-order valence-corrected chi connectivity index (χ1v) is 6.03. The molecule has 2 unspecified atom stereocenters. The second kappa shape index (κ2) is 5.64. The van der Waals surface area contributed by atoms with E-state index in [-0.39, 0.29) is 6.04 Å². The van der Waals surface area contributed by atoms with E-state index in [0.717, 1.165) is 16.6 Å². The lowest BCUT2D eigenvalue weighted by molar-refractivity contribution is 0.136. The molecule has 3 heteroatoms. The van der Waals surface area contributed by atoms with Crippen molar-refractivity contribution in [3.05, 3.63) is 33.8 Å². The molecule has 0 fully saturated rings. The second-order valence-corrected chi connectivity index (χ2v) is 4.67. The summed E-state index contributed by atoms with van der Waals surface area (Å²) in [5, 5.41) is 13.3. The van der Waals surface area contributed by atoms with Crippen LogP contribution in [0.3, 0.4) is 0 Å². The molecule has 84 valence electrons. The maximum atomic E-state index is 10.1. The third-order valence-corrected chi connectivity index (χ3v) is 3.16. The van der Waals surface area contributed by atoms with Gasteiger partial charge in [-0.1, -0.05) is 35.0 Å². The Labute approximate surface area is 99.8 Å². The Kier molecular flexibility index (Phi) is 4.77. The summed E-state index contributed by atoms with van der Waals surface area (Å²) in [4.78, 5) is 0. The average molecular weight is 272 g/mol. The van der Waals surface area contributed by atoms with Gasteiger partial charge in [-0.3, -0.25) is 0 Å². The SMILES string of the molecule is CCNC(C)C(O)c1ccc(C)cc1Br. The third kappa shape index (κ3) is 3.30. The Balaban J connectivity index is 2.86. The minimum atomic E-state index is -0.472. The number of aliphatic hydroxyl groups is 1. The van der Waals surface area contributed by atoms with Gasteiger partial charge in [-0.05, 0) is 37.6 Å². The number of rotatable bonds is 4. The van der Waals surface area contributed by atoms with Crippen LogP contribution in [0.5, 0.6) is 0 Å². The number of aliphatic hydroxyl groups excluding tert-OH is 1. The van der Waals surface area contributed by atoms with E-state index in [2.05, 4.69) is 21.2 Å². The molecule has 0 amide bonds.